The Morgan fingerprint density at radius 1 is 1.17 bits per heavy atom. The lowest BCUT2D eigenvalue weighted by Crippen LogP contribution is -2.33. The molecule has 0 unspecified atom stereocenters. The Labute approximate surface area is 71.2 Å². The molecule has 0 saturated carbocycles. The van der Waals surface area contributed by atoms with Crippen LogP contribution in [0.3, 0.4) is 0 Å². The summed E-state index contributed by atoms with van der Waals surface area (Å²) in [5.41, 5.74) is -0.888. The maximum atomic E-state index is 12.4. The van der Waals surface area contributed by atoms with Crippen molar-refractivity contribution in [3.05, 3.63) is 29.0 Å². The van der Waals surface area contributed by atoms with Gasteiger partial charge < -0.3 is 12.9 Å². The molecule has 0 nitrogen and oxygen atoms in total. The van der Waals surface area contributed by atoms with Gasteiger partial charge in [0.15, 0.2) is 0 Å². The predicted octanol–water partition coefficient (Wildman–Crippen LogP) is 2.53. The Hall–Kier alpha value is -0.705. The number of hydrogen-bond acceptors (Lipinski definition) is 0. The molecule has 0 heterocycles. The van der Waals surface area contributed by atoms with Crippen molar-refractivity contribution in [3.63, 3.8) is 0 Å². The highest BCUT2D eigenvalue weighted by Crippen LogP contribution is 2.15. The lowest BCUT2D eigenvalue weighted by molar-refractivity contribution is 0.501. The first kappa shape index (κ1) is 9.38. The highest BCUT2D eigenvalue weighted by Gasteiger charge is 2.25. The highest BCUT2D eigenvalue weighted by atomic mass is 35.5. The van der Waals surface area contributed by atoms with Gasteiger partial charge in [0.1, 0.15) is 5.82 Å². The monoisotopic (exact) mass is 197 g/mol. The molecule has 0 amide bonds. The zero-order valence-corrected chi connectivity index (χ0v) is 6.46. The topological polar surface area (TPSA) is 0 Å². The molecule has 0 radical (unpaired) electrons. The summed E-state index contributed by atoms with van der Waals surface area (Å²) in [6.07, 6.45) is 0. The third-order valence-electron chi connectivity index (χ3n) is 1.32. The van der Waals surface area contributed by atoms with Crippen LogP contribution in [0.2, 0.25) is 5.02 Å². The molecule has 0 aromatic heterocycles. The van der Waals surface area contributed by atoms with Gasteiger partial charge in [-0.2, -0.15) is 0 Å². The number of rotatable bonds is 1. The molecule has 1 rings (SSSR count). The van der Waals surface area contributed by atoms with Gasteiger partial charge >= 0.3 is 6.98 Å². The molecule has 0 bridgehead atoms. The molecular weight excluding hydrogens is 194 g/mol. The molecule has 0 N–H and O–H groups in total. The van der Waals surface area contributed by atoms with E-state index >= 15 is 0 Å². The summed E-state index contributed by atoms with van der Waals surface area (Å²) >= 11 is 5.15. The van der Waals surface area contributed by atoms with Crippen LogP contribution >= 0.6 is 11.6 Å². The Morgan fingerprint density at radius 2 is 1.75 bits per heavy atom. The summed E-state index contributed by atoms with van der Waals surface area (Å²) < 4.78 is 48.3. The first-order valence-electron chi connectivity index (χ1n) is 3.06. The standard InChI is InChI=1S/C6H3BClF4/c8-5-3-4(7(10,11)12)1-2-6(5)9/h1-3H/q-1. The Balaban J connectivity index is 3.14. The third-order valence-corrected chi connectivity index (χ3v) is 1.61. The fourth-order valence-corrected chi connectivity index (χ4v) is 0.905. The van der Waals surface area contributed by atoms with Crippen molar-refractivity contribution < 1.29 is 17.3 Å². The molecule has 0 aliphatic carbocycles. The summed E-state index contributed by atoms with van der Waals surface area (Å²) in [6.45, 7) is -5.09. The van der Waals surface area contributed by atoms with E-state index in [4.69, 9.17) is 11.6 Å². The molecule has 0 atom stereocenters. The summed E-state index contributed by atoms with van der Waals surface area (Å²) in [6, 6.07) is 1.95. The van der Waals surface area contributed by atoms with Crippen LogP contribution in [0.15, 0.2) is 18.2 Å². The molecular formula is C6H3BClF4-. The molecule has 6 heteroatoms. The average molecular weight is 197 g/mol. The van der Waals surface area contributed by atoms with Gasteiger partial charge in [-0.3, -0.25) is 0 Å². The van der Waals surface area contributed by atoms with E-state index in [0.717, 1.165) is 0 Å². The molecule has 12 heavy (non-hydrogen) atoms. The van der Waals surface area contributed by atoms with Crippen molar-refractivity contribution in [3.8, 4) is 0 Å². The first-order valence-corrected chi connectivity index (χ1v) is 3.44. The first-order chi connectivity index (χ1) is 5.41. The molecule has 0 fully saturated rings. The minimum absolute atomic E-state index is 0.508. The van der Waals surface area contributed by atoms with Crippen molar-refractivity contribution in [2.45, 2.75) is 0 Å². The second-order valence-electron chi connectivity index (χ2n) is 2.25. The minimum atomic E-state index is -5.09. The maximum Gasteiger partial charge on any atom is 0.509 e. The second kappa shape index (κ2) is 2.97. The lowest BCUT2D eigenvalue weighted by atomic mass is 9.80. The normalized spacial score (nSPS) is 11.8. The summed E-state index contributed by atoms with van der Waals surface area (Å²) in [4.78, 5) is 0. The second-order valence-corrected chi connectivity index (χ2v) is 2.66. The van der Waals surface area contributed by atoms with Crippen LogP contribution < -0.4 is 5.46 Å². The van der Waals surface area contributed by atoms with Gasteiger partial charge in [0.25, 0.3) is 0 Å². The SMILES string of the molecule is Fc1ccc([B-](F)(F)F)cc1Cl. The van der Waals surface area contributed by atoms with Crippen molar-refractivity contribution in [2.75, 3.05) is 0 Å². The summed E-state index contributed by atoms with van der Waals surface area (Å²) in [5, 5.41) is -0.508. The van der Waals surface area contributed by atoms with Crippen molar-refractivity contribution in [2.24, 2.45) is 0 Å². The van der Waals surface area contributed by atoms with E-state index in [-0.39, 0.29) is 0 Å². The van der Waals surface area contributed by atoms with Crippen LogP contribution in [-0.4, -0.2) is 6.98 Å². The maximum absolute atomic E-state index is 12.4. The smallest absolute Gasteiger partial charge is 0.445 e. The zero-order valence-electron chi connectivity index (χ0n) is 5.70. The van der Waals surface area contributed by atoms with Gasteiger partial charge in [0.2, 0.25) is 0 Å². The quantitative estimate of drug-likeness (QED) is 0.479. The highest BCUT2D eigenvalue weighted by molar-refractivity contribution is 6.73. The van der Waals surface area contributed by atoms with Gasteiger partial charge in [0, 0.05) is 0 Å². The fourth-order valence-electron chi connectivity index (χ4n) is 0.716. The summed E-state index contributed by atoms with van der Waals surface area (Å²) in [7, 11) is 0. The van der Waals surface area contributed by atoms with Crippen LogP contribution in [0.5, 0.6) is 0 Å². The van der Waals surface area contributed by atoms with Gasteiger partial charge in [-0.1, -0.05) is 23.7 Å². The zero-order chi connectivity index (χ0) is 9.35. The van der Waals surface area contributed by atoms with E-state index in [1.807, 2.05) is 0 Å². The van der Waals surface area contributed by atoms with E-state index in [1.54, 1.807) is 0 Å². The molecule has 1 aromatic rings. The van der Waals surface area contributed by atoms with E-state index in [1.165, 1.54) is 0 Å². The fraction of sp³-hybridized carbons (Fsp3) is 0. The van der Waals surface area contributed by atoms with Crippen molar-refractivity contribution in [1.29, 1.82) is 0 Å². The lowest BCUT2D eigenvalue weighted by Gasteiger charge is -2.14. The van der Waals surface area contributed by atoms with Crippen LogP contribution in [0.1, 0.15) is 0 Å². The Morgan fingerprint density at radius 3 is 2.17 bits per heavy atom. The number of hydrogen-bond donors (Lipinski definition) is 0. The summed E-state index contributed by atoms with van der Waals surface area (Å²) in [5.74, 6) is -0.847. The van der Waals surface area contributed by atoms with Gasteiger partial charge in [-0.05, 0) is 6.07 Å². The predicted molar refractivity (Wildman–Crippen MR) is 40.1 cm³/mol. The van der Waals surface area contributed by atoms with Crippen molar-refractivity contribution in [1.82, 2.24) is 0 Å². The van der Waals surface area contributed by atoms with Gasteiger partial charge in [-0.25, -0.2) is 4.39 Å². The van der Waals surface area contributed by atoms with Crippen LogP contribution in [-0.2, 0) is 0 Å². The Kier molecular flexibility index (Phi) is 2.33. The van der Waals surface area contributed by atoms with Crippen molar-refractivity contribution >= 4 is 24.0 Å². The Bertz CT molecular complexity index is 296. The van der Waals surface area contributed by atoms with Crippen LogP contribution in [0.4, 0.5) is 17.3 Å². The minimum Gasteiger partial charge on any atom is -0.445 e. The van der Waals surface area contributed by atoms with E-state index in [0.29, 0.717) is 18.2 Å². The van der Waals surface area contributed by atoms with Crippen LogP contribution in [0.25, 0.3) is 0 Å². The molecule has 0 aliphatic heterocycles. The molecule has 1 aromatic carbocycles. The molecule has 0 saturated heterocycles. The molecule has 0 spiro atoms. The number of halogens is 5. The van der Waals surface area contributed by atoms with Gasteiger partial charge in [0.05, 0.1) is 5.02 Å². The number of benzene rings is 1. The van der Waals surface area contributed by atoms with Gasteiger partial charge in [-0.15, -0.1) is 5.46 Å². The van der Waals surface area contributed by atoms with E-state index in [9.17, 15) is 17.3 Å². The average Bonchev–Trinajstić information content (AvgIpc) is 1.92. The van der Waals surface area contributed by atoms with E-state index in [2.05, 4.69) is 0 Å². The largest absolute Gasteiger partial charge is 0.509 e. The molecule has 0 aliphatic rings. The van der Waals surface area contributed by atoms with E-state index < -0.39 is 23.3 Å². The third kappa shape index (κ3) is 1.91. The van der Waals surface area contributed by atoms with Crippen LogP contribution in [0, 0.1) is 5.82 Å². The molecule has 66 valence electrons.